The predicted molar refractivity (Wildman–Crippen MR) is 125 cm³/mol. The molecule has 0 atom stereocenters. The molecule has 1 amide bonds. The number of hydrogen-bond acceptors (Lipinski definition) is 6. The second-order valence-electron chi connectivity index (χ2n) is 6.73. The highest BCUT2D eigenvalue weighted by Gasteiger charge is 2.31. The molecule has 0 saturated carbocycles. The van der Waals surface area contributed by atoms with Crippen LogP contribution in [0.4, 0.5) is 0 Å². The Bertz CT molecular complexity index is 1140. The molecule has 1 aliphatic heterocycles. The summed E-state index contributed by atoms with van der Waals surface area (Å²) in [6, 6.07) is 17.4. The minimum absolute atomic E-state index is 0.0739. The standard InChI is InChI=1S/C23H20N2O3S2/c1-27-18-7-3-15(4-8-18)11-12-25-22(26)21(30-23(25)29)14-17-6-5-16-13-19(28-2)9-10-20(16)24-17/h3-10,13-14H,11-12H2,1-2H3. The van der Waals surface area contributed by atoms with Gasteiger partial charge in [0, 0.05) is 11.9 Å². The van der Waals surface area contributed by atoms with Crippen molar-refractivity contribution in [3.05, 3.63) is 70.8 Å². The third-order valence-corrected chi connectivity index (χ3v) is 6.23. The average Bonchev–Trinajstić information content (AvgIpc) is 3.04. The van der Waals surface area contributed by atoms with Gasteiger partial charge in [0.05, 0.1) is 30.3 Å². The Hall–Kier alpha value is -2.90. The highest BCUT2D eigenvalue weighted by Crippen LogP contribution is 2.33. The summed E-state index contributed by atoms with van der Waals surface area (Å²) in [5.41, 5.74) is 2.70. The lowest BCUT2D eigenvalue weighted by Gasteiger charge is -2.14. The number of thioether (sulfide) groups is 1. The number of pyridine rings is 1. The summed E-state index contributed by atoms with van der Waals surface area (Å²) >= 11 is 6.76. The van der Waals surface area contributed by atoms with Crippen molar-refractivity contribution in [1.29, 1.82) is 0 Å². The number of benzene rings is 2. The Morgan fingerprint density at radius 2 is 1.77 bits per heavy atom. The molecule has 3 aromatic rings. The van der Waals surface area contributed by atoms with E-state index in [1.54, 1.807) is 25.2 Å². The first-order valence-corrected chi connectivity index (χ1v) is 10.6. The van der Waals surface area contributed by atoms with Crippen molar-refractivity contribution in [1.82, 2.24) is 9.88 Å². The van der Waals surface area contributed by atoms with Gasteiger partial charge in [0.25, 0.3) is 5.91 Å². The van der Waals surface area contributed by atoms with Crippen molar-refractivity contribution in [2.75, 3.05) is 20.8 Å². The zero-order valence-electron chi connectivity index (χ0n) is 16.6. The molecular formula is C23H20N2O3S2. The van der Waals surface area contributed by atoms with E-state index in [0.717, 1.165) is 40.1 Å². The van der Waals surface area contributed by atoms with E-state index in [4.69, 9.17) is 21.7 Å². The van der Waals surface area contributed by atoms with Gasteiger partial charge >= 0.3 is 0 Å². The van der Waals surface area contributed by atoms with Crippen molar-refractivity contribution in [3.8, 4) is 11.5 Å². The molecule has 0 radical (unpaired) electrons. The molecule has 0 bridgehead atoms. The van der Waals surface area contributed by atoms with Crippen molar-refractivity contribution in [2.45, 2.75) is 6.42 Å². The van der Waals surface area contributed by atoms with Crippen LogP contribution in [0.2, 0.25) is 0 Å². The molecule has 0 unspecified atom stereocenters. The van der Waals surface area contributed by atoms with Crippen molar-refractivity contribution in [2.24, 2.45) is 0 Å². The number of carbonyl (C=O) groups excluding carboxylic acids is 1. The van der Waals surface area contributed by atoms with Crippen LogP contribution < -0.4 is 9.47 Å². The van der Waals surface area contributed by atoms with Crippen LogP contribution in [0.5, 0.6) is 11.5 Å². The van der Waals surface area contributed by atoms with E-state index in [-0.39, 0.29) is 5.91 Å². The van der Waals surface area contributed by atoms with E-state index < -0.39 is 0 Å². The van der Waals surface area contributed by atoms with Crippen LogP contribution in [-0.2, 0) is 11.2 Å². The van der Waals surface area contributed by atoms with Gasteiger partial charge in [0.1, 0.15) is 15.8 Å². The third-order valence-electron chi connectivity index (χ3n) is 4.85. The van der Waals surface area contributed by atoms with E-state index in [2.05, 4.69) is 4.98 Å². The fraction of sp³-hybridized carbons (Fsp3) is 0.174. The Morgan fingerprint density at radius 3 is 2.50 bits per heavy atom. The van der Waals surface area contributed by atoms with Gasteiger partial charge in [-0.1, -0.05) is 42.2 Å². The molecule has 2 aromatic carbocycles. The zero-order chi connectivity index (χ0) is 21.1. The maximum Gasteiger partial charge on any atom is 0.266 e. The average molecular weight is 437 g/mol. The maximum absolute atomic E-state index is 12.9. The first kappa shape index (κ1) is 20.4. The van der Waals surface area contributed by atoms with E-state index in [1.165, 1.54) is 11.8 Å². The smallest absolute Gasteiger partial charge is 0.266 e. The molecule has 1 fully saturated rings. The molecule has 1 saturated heterocycles. The third kappa shape index (κ3) is 4.32. The maximum atomic E-state index is 12.9. The Balaban J connectivity index is 1.48. The van der Waals surface area contributed by atoms with Gasteiger partial charge in [0.15, 0.2) is 0 Å². The molecule has 1 aromatic heterocycles. The Morgan fingerprint density at radius 1 is 1.03 bits per heavy atom. The molecular weight excluding hydrogens is 416 g/mol. The minimum atomic E-state index is -0.0739. The Labute approximate surface area is 184 Å². The highest BCUT2D eigenvalue weighted by atomic mass is 32.2. The topological polar surface area (TPSA) is 51.7 Å². The van der Waals surface area contributed by atoms with Crippen LogP contribution in [0.15, 0.2) is 59.5 Å². The quantitative estimate of drug-likeness (QED) is 0.413. The molecule has 1 aliphatic rings. The Kier molecular flexibility index (Phi) is 6.01. The van der Waals surface area contributed by atoms with Gasteiger partial charge in [-0.05, 0) is 54.5 Å². The van der Waals surface area contributed by atoms with Crippen LogP contribution >= 0.6 is 24.0 Å². The number of fused-ring (bicyclic) bond motifs is 1. The molecule has 0 aliphatic carbocycles. The molecule has 7 heteroatoms. The van der Waals surface area contributed by atoms with Crippen molar-refractivity contribution < 1.29 is 14.3 Å². The van der Waals surface area contributed by atoms with E-state index in [1.807, 2.05) is 54.6 Å². The first-order valence-electron chi connectivity index (χ1n) is 9.40. The molecule has 0 spiro atoms. The van der Waals surface area contributed by atoms with Crippen LogP contribution in [0, 0.1) is 0 Å². The van der Waals surface area contributed by atoms with Crippen LogP contribution in [0.1, 0.15) is 11.3 Å². The van der Waals surface area contributed by atoms with Gasteiger partial charge < -0.3 is 9.47 Å². The van der Waals surface area contributed by atoms with Crippen molar-refractivity contribution in [3.63, 3.8) is 0 Å². The number of hydrogen-bond donors (Lipinski definition) is 0. The highest BCUT2D eigenvalue weighted by molar-refractivity contribution is 8.26. The summed E-state index contributed by atoms with van der Waals surface area (Å²) in [5, 5.41) is 0.985. The van der Waals surface area contributed by atoms with Crippen LogP contribution in [-0.4, -0.2) is 40.9 Å². The fourth-order valence-electron chi connectivity index (χ4n) is 3.19. The van der Waals surface area contributed by atoms with Gasteiger partial charge in [-0.2, -0.15) is 0 Å². The summed E-state index contributed by atoms with van der Waals surface area (Å²) in [5.74, 6) is 1.53. The number of aromatic nitrogens is 1. The molecule has 30 heavy (non-hydrogen) atoms. The zero-order valence-corrected chi connectivity index (χ0v) is 18.3. The second kappa shape index (κ2) is 8.85. The lowest BCUT2D eigenvalue weighted by molar-refractivity contribution is -0.122. The number of carbonyl (C=O) groups is 1. The van der Waals surface area contributed by atoms with Crippen LogP contribution in [0.25, 0.3) is 17.0 Å². The molecule has 4 rings (SSSR count). The van der Waals surface area contributed by atoms with E-state index in [0.29, 0.717) is 15.8 Å². The van der Waals surface area contributed by atoms with Gasteiger partial charge in [0.2, 0.25) is 0 Å². The van der Waals surface area contributed by atoms with Gasteiger partial charge in [-0.3, -0.25) is 9.69 Å². The number of rotatable bonds is 6. The summed E-state index contributed by atoms with van der Waals surface area (Å²) in [6.45, 7) is 0.541. The first-order chi connectivity index (χ1) is 14.6. The lowest BCUT2D eigenvalue weighted by Crippen LogP contribution is -2.30. The molecule has 2 heterocycles. The van der Waals surface area contributed by atoms with Gasteiger partial charge in [-0.15, -0.1) is 0 Å². The second-order valence-corrected chi connectivity index (χ2v) is 8.40. The molecule has 5 nitrogen and oxygen atoms in total. The van der Waals surface area contributed by atoms with Gasteiger partial charge in [-0.25, -0.2) is 4.98 Å². The number of amides is 1. The lowest BCUT2D eigenvalue weighted by atomic mass is 10.1. The number of thiocarbonyl (C=S) groups is 1. The SMILES string of the molecule is COc1ccc(CCN2C(=O)C(=Cc3ccc4cc(OC)ccc4n3)SC2=S)cc1. The number of nitrogens with zero attached hydrogens (tertiary/aromatic N) is 2. The largest absolute Gasteiger partial charge is 0.497 e. The minimum Gasteiger partial charge on any atom is -0.497 e. The monoisotopic (exact) mass is 436 g/mol. The van der Waals surface area contributed by atoms with Crippen molar-refractivity contribution >= 4 is 51.2 Å². The number of ether oxygens (including phenoxy) is 2. The summed E-state index contributed by atoms with van der Waals surface area (Å²) in [7, 11) is 3.28. The molecule has 152 valence electrons. The summed E-state index contributed by atoms with van der Waals surface area (Å²) in [4.78, 5) is 19.8. The van der Waals surface area contributed by atoms with E-state index in [9.17, 15) is 4.79 Å². The predicted octanol–water partition coefficient (Wildman–Crippen LogP) is 4.70. The van der Waals surface area contributed by atoms with Crippen LogP contribution in [0.3, 0.4) is 0 Å². The number of methoxy groups -OCH3 is 2. The normalized spacial score (nSPS) is 15.3. The van der Waals surface area contributed by atoms with E-state index >= 15 is 0 Å². The summed E-state index contributed by atoms with van der Waals surface area (Å²) in [6.07, 6.45) is 2.52. The fourth-order valence-corrected chi connectivity index (χ4v) is 4.48. The molecule has 0 N–H and O–H groups in total. The summed E-state index contributed by atoms with van der Waals surface area (Å²) < 4.78 is 11.0.